The number of esters is 1. The fourth-order valence-corrected chi connectivity index (χ4v) is 7.38. The highest BCUT2D eigenvalue weighted by atomic mass is 16.7. The summed E-state index contributed by atoms with van der Waals surface area (Å²) in [6.07, 6.45) is 8.40. The number of fused-ring (bicyclic) bond motifs is 2. The van der Waals surface area contributed by atoms with Gasteiger partial charge in [0.2, 0.25) is 0 Å². The second kappa shape index (κ2) is 12.3. The zero-order valence-corrected chi connectivity index (χ0v) is 26.4. The van der Waals surface area contributed by atoms with Gasteiger partial charge >= 0.3 is 5.97 Å². The van der Waals surface area contributed by atoms with Gasteiger partial charge in [-0.05, 0) is 42.9 Å². The summed E-state index contributed by atoms with van der Waals surface area (Å²) in [5, 5.41) is 34.3. The Balaban J connectivity index is 1.57. The highest BCUT2D eigenvalue weighted by Gasteiger charge is 2.60. The van der Waals surface area contributed by atoms with E-state index in [1.54, 1.807) is 31.4 Å². The van der Waals surface area contributed by atoms with E-state index in [0.29, 0.717) is 18.4 Å². The molecular weight excluding hydrogens is 552 g/mol. The topological polar surface area (TPSA) is 124 Å². The molecule has 5 aliphatic rings. The van der Waals surface area contributed by atoms with Gasteiger partial charge < -0.3 is 39.0 Å². The standard InChI is InChI=1S/C34H48O9/c1-18(2)29-22(6)27(35)16-33(43-29)15-25-14-24(42-33)12-11-20(4)28(36)19(3)9-8-10-23-17-40-31-30(39-7)21(5)13-26(32(37)41-25)34(23,31)38/h8-11,13,16,18-19,22,24-26,28-31,35-36,38H,12,14-15,17H2,1-7H3/b9-8+,20-11+,23-10+/t19-,22+,24+,25-,26-,28-,29+,30+,31+,33+,34+/m0/s1. The molecule has 0 aromatic heterocycles. The number of carbonyl (C=O) groups is 1. The average Bonchev–Trinajstić information content (AvgIpc) is 3.28. The molecule has 238 valence electrons. The lowest BCUT2D eigenvalue weighted by Crippen LogP contribution is -2.58. The third-order valence-electron chi connectivity index (χ3n) is 9.89. The van der Waals surface area contributed by atoms with Crippen LogP contribution in [0.1, 0.15) is 60.8 Å². The zero-order valence-electron chi connectivity index (χ0n) is 26.4. The second-order valence-electron chi connectivity index (χ2n) is 13.4. The van der Waals surface area contributed by atoms with Crippen molar-refractivity contribution < 1.29 is 43.8 Å². The third-order valence-corrected chi connectivity index (χ3v) is 9.89. The quantitative estimate of drug-likeness (QED) is 0.311. The summed E-state index contributed by atoms with van der Waals surface area (Å²) < 4.78 is 31.1. The molecule has 9 nitrogen and oxygen atoms in total. The van der Waals surface area contributed by atoms with E-state index < -0.39 is 53.8 Å². The maximum Gasteiger partial charge on any atom is 0.316 e. The molecule has 0 amide bonds. The molecule has 9 heteroatoms. The maximum atomic E-state index is 14.1. The molecular formula is C34H48O9. The van der Waals surface area contributed by atoms with Crippen molar-refractivity contribution in [2.24, 2.45) is 23.7 Å². The van der Waals surface area contributed by atoms with Gasteiger partial charge in [-0.1, -0.05) is 58.1 Å². The first-order chi connectivity index (χ1) is 20.3. The van der Waals surface area contributed by atoms with Crippen molar-refractivity contribution in [2.45, 2.75) is 109 Å². The summed E-state index contributed by atoms with van der Waals surface area (Å²) in [6.45, 7) is 11.8. The van der Waals surface area contributed by atoms with E-state index in [0.717, 1.165) is 11.1 Å². The minimum atomic E-state index is -1.68. The Morgan fingerprint density at radius 1 is 1.12 bits per heavy atom. The minimum absolute atomic E-state index is 0.105. The molecule has 1 spiro atoms. The van der Waals surface area contributed by atoms with Gasteiger partial charge in [0, 0.05) is 37.9 Å². The van der Waals surface area contributed by atoms with Crippen LogP contribution < -0.4 is 0 Å². The van der Waals surface area contributed by atoms with Crippen molar-refractivity contribution in [1.82, 2.24) is 0 Å². The Hall–Kier alpha value is -2.27. The van der Waals surface area contributed by atoms with Gasteiger partial charge in [-0.2, -0.15) is 0 Å². The number of allylic oxidation sites excluding steroid dienone is 2. The van der Waals surface area contributed by atoms with Gasteiger partial charge in [0.15, 0.2) is 5.79 Å². The first kappa shape index (κ1) is 32.1. The summed E-state index contributed by atoms with van der Waals surface area (Å²) in [7, 11) is 1.56. The molecule has 11 atom stereocenters. The molecule has 0 aromatic carbocycles. The van der Waals surface area contributed by atoms with Crippen LogP contribution in [0.4, 0.5) is 0 Å². The predicted molar refractivity (Wildman–Crippen MR) is 160 cm³/mol. The fraction of sp³-hybridized carbons (Fsp3) is 0.676. The first-order valence-electron chi connectivity index (χ1n) is 15.5. The Morgan fingerprint density at radius 3 is 2.56 bits per heavy atom. The van der Waals surface area contributed by atoms with Crippen molar-refractivity contribution in [3.8, 4) is 0 Å². The molecule has 43 heavy (non-hydrogen) atoms. The lowest BCUT2D eigenvalue weighted by molar-refractivity contribution is -0.303. The number of hydrogen-bond donors (Lipinski definition) is 3. The van der Waals surface area contributed by atoms with Crippen LogP contribution in [0.15, 0.2) is 58.9 Å². The molecule has 4 heterocycles. The Labute approximate surface area is 254 Å². The van der Waals surface area contributed by atoms with Crippen LogP contribution in [0.2, 0.25) is 0 Å². The van der Waals surface area contributed by atoms with Crippen LogP contribution in [0.5, 0.6) is 0 Å². The summed E-state index contributed by atoms with van der Waals surface area (Å²) in [5.41, 5.74) is 0.433. The number of aliphatic hydroxyl groups excluding tert-OH is 2. The lowest BCUT2D eigenvalue weighted by atomic mass is 9.70. The predicted octanol–water partition coefficient (Wildman–Crippen LogP) is 4.46. The smallest absolute Gasteiger partial charge is 0.316 e. The van der Waals surface area contributed by atoms with Crippen LogP contribution in [0.25, 0.3) is 0 Å². The van der Waals surface area contributed by atoms with E-state index in [4.69, 9.17) is 23.7 Å². The number of ether oxygens (including phenoxy) is 5. The fourth-order valence-electron chi connectivity index (χ4n) is 7.38. The molecule has 0 unspecified atom stereocenters. The highest BCUT2D eigenvalue weighted by molar-refractivity contribution is 5.78. The molecule has 0 aromatic rings. The monoisotopic (exact) mass is 600 g/mol. The summed E-state index contributed by atoms with van der Waals surface area (Å²) in [6, 6.07) is 0. The molecule has 4 aliphatic heterocycles. The Kier molecular flexibility index (Phi) is 9.16. The molecule has 2 bridgehead atoms. The molecule has 2 fully saturated rings. The number of carbonyl (C=O) groups excluding carboxylic acids is 1. The van der Waals surface area contributed by atoms with E-state index in [1.807, 2.05) is 53.7 Å². The van der Waals surface area contributed by atoms with Gasteiger partial charge in [-0.15, -0.1) is 0 Å². The summed E-state index contributed by atoms with van der Waals surface area (Å²) in [5.74, 6) is -3.02. The summed E-state index contributed by atoms with van der Waals surface area (Å²) in [4.78, 5) is 14.1. The number of hydrogen-bond acceptors (Lipinski definition) is 9. The van der Waals surface area contributed by atoms with Gasteiger partial charge in [-0.3, -0.25) is 4.79 Å². The zero-order chi connectivity index (χ0) is 31.3. The Morgan fingerprint density at radius 2 is 1.86 bits per heavy atom. The van der Waals surface area contributed by atoms with Crippen molar-refractivity contribution in [1.29, 1.82) is 0 Å². The molecule has 0 saturated carbocycles. The third kappa shape index (κ3) is 5.92. The molecule has 0 radical (unpaired) electrons. The first-order valence-corrected chi connectivity index (χ1v) is 15.5. The van der Waals surface area contributed by atoms with E-state index in [2.05, 4.69) is 0 Å². The van der Waals surface area contributed by atoms with E-state index in [9.17, 15) is 20.1 Å². The molecule has 3 N–H and O–H groups in total. The van der Waals surface area contributed by atoms with Gasteiger partial charge in [-0.25, -0.2) is 0 Å². The van der Waals surface area contributed by atoms with Gasteiger partial charge in [0.1, 0.15) is 29.8 Å². The van der Waals surface area contributed by atoms with Crippen molar-refractivity contribution in [3.05, 3.63) is 58.9 Å². The number of aliphatic hydroxyl groups is 3. The highest BCUT2D eigenvalue weighted by Crippen LogP contribution is 2.47. The van der Waals surface area contributed by atoms with Crippen LogP contribution >= 0.6 is 0 Å². The second-order valence-corrected chi connectivity index (χ2v) is 13.4. The average molecular weight is 601 g/mol. The lowest BCUT2D eigenvalue weighted by Gasteiger charge is -2.48. The van der Waals surface area contributed by atoms with Crippen molar-refractivity contribution >= 4 is 5.97 Å². The number of methoxy groups -OCH3 is 1. The normalized spacial score (nSPS) is 47.0. The van der Waals surface area contributed by atoms with Crippen LogP contribution in [-0.4, -0.2) is 83.0 Å². The van der Waals surface area contributed by atoms with Crippen LogP contribution in [-0.2, 0) is 28.5 Å². The SMILES string of the molecule is CO[C@@H]1C(C)=C[C@H]2C(=O)O[C@H]3C[C@@H](C/C=C(\C)[C@@H](O)[C@@H](C)/C=C/C=C4\CO[C@H]1[C@@]42O)O[C@]1(C=C(O)[C@@H](C)[C@@H](C(C)C)O1)C3. The summed E-state index contributed by atoms with van der Waals surface area (Å²) >= 11 is 0. The molecule has 5 rings (SSSR count). The number of rotatable bonds is 2. The van der Waals surface area contributed by atoms with E-state index >= 15 is 0 Å². The molecule has 2 saturated heterocycles. The van der Waals surface area contributed by atoms with Crippen LogP contribution in [0, 0.1) is 23.7 Å². The largest absolute Gasteiger partial charge is 0.512 e. The van der Waals surface area contributed by atoms with Crippen LogP contribution in [0.3, 0.4) is 0 Å². The van der Waals surface area contributed by atoms with Crippen molar-refractivity contribution in [2.75, 3.05) is 13.7 Å². The van der Waals surface area contributed by atoms with E-state index in [1.165, 1.54) is 0 Å². The minimum Gasteiger partial charge on any atom is -0.512 e. The Bertz CT molecular complexity index is 1230. The maximum absolute atomic E-state index is 14.1. The van der Waals surface area contributed by atoms with Gasteiger partial charge in [0.05, 0.1) is 30.7 Å². The van der Waals surface area contributed by atoms with E-state index in [-0.39, 0.29) is 42.6 Å². The molecule has 1 aliphatic carbocycles. The van der Waals surface area contributed by atoms with Gasteiger partial charge in [0.25, 0.3) is 0 Å². The van der Waals surface area contributed by atoms with Crippen molar-refractivity contribution in [3.63, 3.8) is 0 Å².